The molecule has 0 radical (unpaired) electrons. The lowest BCUT2D eigenvalue weighted by atomic mass is 10.1. The highest BCUT2D eigenvalue weighted by molar-refractivity contribution is 7.91. The summed E-state index contributed by atoms with van der Waals surface area (Å²) >= 11 is 1.37. The van der Waals surface area contributed by atoms with E-state index in [9.17, 15) is 13.2 Å². The van der Waals surface area contributed by atoms with Crippen molar-refractivity contribution in [3.63, 3.8) is 0 Å². The van der Waals surface area contributed by atoms with Gasteiger partial charge in [0.15, 0.2) is 15.0 Å². The average Bonchev–Trinajstić information content (AvgIpc) is 3.11. The number of thiazole rings is 1. The Morgan fingerprint density at radius 2 is 1.74 bits per heavy atom. The van der Waals surface area contributed by atoms with E-state index in [1.165, 1.54) is 16.9 Å². The third-order valence-corrected chi connectivity index (χ3v) is 6.63. The standard InChI is InChI=1S/C20H20N2O3S2/c1-3-27(24,25)17-10-6-15(7-11-17)12-19(23)22-20-21-18(13-26-20)16-8-4-14(2)5-9-16/h4-11,13H,3,12H2,1-2H3,(H,21,22,23). The third kappa shape index (κ3) is 4.81. The first-order chi connectivity index (χ1) is 12.9. The molecule has 0 aliphatic rings. The Morgan fingerprint density at radius 1 is 1.07 bits per heavy atom. The second-order valence-electron chi connectivity index (χ2n) is 6.18. The van der Waals surface area contributed by atoms with E-state index in [2.05, 4.69) is 10.3 Å². The Bertz CT molecular complexity index is 1040. The normalized spacial score (nSPS) is 11.3. The molecular weight excluding hydrogens is 380 g/mol. The highest BCUT2D eigenvalue weighted by Crippen LogP contribution is 2.25. The van der Waals surface area contributed by atoms with Gasteiger partial charge in [-0.3, -0.25) is 4.79 Å². The van der Waals surface area contributed by atoms with Crippen LogP contribution in [0.3, 0.4) is 0 Å². The molecule has 1 aromatic heterocycles. The molecule has 0 spiro atoms. The van der Waals surface area contributed by atoms with Crippen LogP contribution in [-0.4, -0.2) is 25.1 Å². The minimum absolute atomic E-state index is 0.0558. The monoisotopic (exact) mass is 400 g/mol. The van der Waals surface area contributed by atoms with Crippen LogP contribution in [0.4, 0.5) is 5.13 Å². The Labute approximate surface area is 163 Å². The van der Waals surface area contributed by atoms with Crippen LogP contribution in [0.2, 0.25) is 0 Å². The lowest BCUT2D eigenvalue weighted by molar-refractivity contribution is -0.115. The van der Waals surface area contributed by atoms with Crippen molar-refractivity contribution in [2.75, 3.05) is 11.1 Å². The molecule has 1 N–H and O–H groups in total. The van der Waals surface area contributed by atoms with Crippen molar-refractivity contribution in [2.24, 2.45) is 0 Å². The van der Waals surface area contributed by atoms with Gasteiger partial charge in [0, 0.05) is 10.9 Å². The summed E-state index contributed by atoms with van der Waals surface area (Å²) in [5.74, 6) is -0.133. The number of carbonyl (C=O) groups excluding carboxylic acids is 1. The molecule has 0 aliphatic carbocycles. The lowest BCUT2D eigenvalue weighted by Gasteiger charge is -2.04. The number of aryl methyl sites for hydroxylation is 1. The van der Waals surface area contributed by atoms with Crippen LogP contribution in [0.25, 0.3) is 11.3 Å². The molecule has 7 heteroatoms. The van der Waals surface area contributed by atoms with E-state index >= 15 is 0 Å². The number of benzene rings is 2. The summed E-state index contributed by atoms with van der Waals surface area (Å²) in [5, 5.41) is 5.25. The third-order valence-electron chi connectivity index (χ3n) is 4.13. The van der Waals surface area contributed by atoms with Crippen molar-refractivity contribution in [1.29, 1.82) is 0 Å². The molecule has 3 rings (SSSR count). The summed E-state index contributed by atoms with van der Waals surface area (Å²) in [6.07, 6.45) is 0.159. The predicted octanol–water partition coefficient (Wildman–Crippen LogP) is 4.09. The van der Waals surface area contributed by atoms with Crippen LogP contribution in [0.1, 0.15) is 18.1 Å². The van der Waals surface area contributed by atoms with Gasteiger partial charge in [-0.05, 0) is 24.6 Å². The van der Waals surface area contributed by atoms with Crippen molar-refractivity contribution in [2.45, 2.75) is 25.2 Å². The smallest absolute Gasteiger partial charge is 0.230 e. The lowest BCUT2D eigenvalue weighted by Crippen LogP contribution is -2.14. The first-order valence-electron chi connectivity index (χ1n) is 8.51. The first-order valence-corrected chi connectivity index (χ1v) is 11.0. The number of hydrogen-bond donors (Lipinski definition) is 1. The van der Waals surface area contributed by atoms with E-state index in [1.807, 2.05) is 36.6 Å². The van der Waals surface area contributed by atoms with Crippen LogP contribution in [0, 0.1) is 6.92 Å². The topological polar surface area (TPSA) is 76.1 Å². The van der Waals surface area contributed by atoms with Crippen LogP contribution in [0.5, 0.6) is 0 Å². The molecule has 0 saturated carbocycles. The molecule has 1 heterocycles. The Kier molecular flexibility index (Phi) is 5.72. The number of nitrogens with one attached hydrogen (secondary N) is 1. The second kappa shape index (κ2) is 8.02. The van der Waals surface area contributed by atoms with Crippen molar-refractivity contribution in [3.05, 3.63) is 65.0 Å². The van der Waals surface area contributed by atoms with Gasteiger partial charge in [-0.15, -0.1) is 11.3 Å². The molecule has 0 unspecified atom stereocenters. The van der Waals surface area contributed by atoms with E-state index in [-0.39, 0.29) is 23.0 Å². The summed E-state index contributed by atoms with van der Waals surface area (Å²) in [7, 11) is -3.23. The van der Waals surface area contributed by atoms with Crippen molar-refractivity contribution >= 4 is 32.2 Å². The maximum atomic E-state index is 12.2. The van der Waals surface area contributed by atoms with Crippen LogP contribution in [-0.2, 0) is 21.1 Å². The number of amides is 1. The number of nitrogens with zero attached hydrogens (tertiary/aromatic N) is 1. The molecule has 0 fully saturated rings. The summed E-state index contributed by atoms with van der Waals surface area (Å²) in [4.78, 5) is 17.0. The van der Waals surface area contributed by atoms with E-state index in [0.29, 0.717) is 5.13 Å². The van der Waals surface area contributed by atoms with Gasteiger partial charge in [0.05, 0.1) is 22.8 Å². The minimum atomic E-state index is -3.23. The van der Waals surface area contributed by atoms with Crippen LogP contribution in [0.15, 0.2) is 58.8 Å². The maximum Gasteiger partial charge on any atom is 0.230 e. The zero-order valence-corrected chi connectivity index (χ0v) is 16.7. The molecule has 0 saturated heterocycles. The molecule has 2 aromatic carbocycles. The zero-order valence-electron chi connectivity index (χ0n) is 15.1. The summed E-state index contributed by atoms with van der Waals surface area (Å²) < 4.78 is 23.7. The van der Waals surface area contributed by atoms with Crippen LogP contribution < -0.4 is 5.32 Å². The fourth-order valence-electron chi connectivity index (χ4n) is 2.52. The fourth-order valence-corrected chi connectivity index (χ4v) is 4.14. The van der Waals surface area contributed by atoms with E-state index in [4.69, 9.17) is 0 Å². The maximum absolute atomic E-state index is 12.2. The number of carbonyl (C=O) groups is 1. The van der Waals surface area contributed by atoms with E-state index in [1.54, 1.807) is 31.2 Å². The zero-order chi connectivity index (χ0) is 19.4. The molecule has 0 atom stereocenters. The highest BCUT2D eigenvalue weighted by Gasteiger charge is 2.12. The molecule has 3 aromatic rings. The summed E-state index contributed by atoms with van der Waals surface area (Å²) in [5.41, 5.74) is 3.76. The van der Waals surface area contributed by atoms with Gasteiger partial charge in [-0.2, -0.15) is 0 Å². The summed E-state index contributed by atoms with van der Waals surface area (Å²) in [6, 6.07) is 14.5. The van der Waals surface area contributed by atoms with Crippen LogP contribution >= 0.6 is 11.3 Å². The van der Waals surface area contributed by atoms with E-state index < -0.39 is 9.84 Å². The Hall–Kier alpha value is -2.51. The second-order valence-corrected chi connectivity index (χ2v) is 9.31. The van der Waals surface area contributed by atoms with Gasteiger partial charge in [-0.25, -0.2) is 13.4 Å². The Balaban J connectivity index is 1.64. The van der Waals surface area contributed by atoms with Crippen molar-refractivity contribution < 1.29 is 13.2 Å². The number of anilines is 1. The molecule has 140 valence electrons. The van der Waals surface area contributed by atoms with Gasteiger partial charge >= 0.3 is 0 Å². The van der Waals surface area contributed by atoms with Gasteiger partial charge in [0.1, 0.15) is 0 Å². The SMILES string of the molecule is CCS(=O)(=O)c1ccc(CC(=O)Nc2nc(-c3ccc(C)cc3)cs2)cc1. The first kappa shape index (κ1) is 19.3. The van der Waals surface area contributed by atoms with Crippen molar-refractivity contribution in [1.82, 2.24) is 4.98 Å². The van der Waals surface area contributed by atoms with Gasteiger partial charge < -0.3 is 5.32 Å². The predicted molar refractivity (Wildman–Crippen MR) is 109 cm³/mol. The quantitative estimate of drug-likeness (QED) is 0.676. The molecular formula is C20H20N2O3S2. The molecule has 0 bridgehead atoms. The van der Waals surface area contributed by atoms with E-state index in [0.717, 1.165) is 16.8 Å². The summed E-state index contributed by atoms with van der Waals surface area (Å²) in [6.45, 7) is 3.64. The Morgan fingerprint density at radius 3 is 2.37 bits per heavy atom. The number of aromatic nitrogens is 1. The largest absolute Gasteiger partial charge is 0.302 e. The minimum Gasteiger partial charge on any atom is -0.302 e. The number of hydrogen-bond acceptors (Lipinski definition) is 5. The molecule has 5 nitrogen and oxygen atoms in total. The highest BCUT2D eigenvalue weighted by atomic mass is 32.2. The van der Waals surface area contributed by atoms with Gasteiger partial charge in [0.25, 0.3) is 0 Å². The van der Waals surface area contributed by atoms with Gasteiger partial charge in [0.2, 0.25) is 5.91 Å². The molecule has 27 heavy (non-hydrogen) atoms. The fraction of sp³-hybridized carbons (Fsp3) is 0.200. The van der Waals surface area contributed by atoms with Crippen molar-refractivity contribution in [3.8, 4) is 11.3 Å². The number of sulfone groups is 1. The molecule has 0 aliphatic heterocycles. The van der Waals surface area contributed by atoms with Gasteiger partial charge in [-0.1, -0.05) is 48.9 Å². The number of rotatable bonds is 6. The molecule has 1 amide bonds. The average molecular weight is 401 g/mol.